The van der Waals surface area contributed by atoms with Crippen LogP contribution in [0.15, 0.2) is 122 Å². The van der Waals surface area contributed by atoms with Crippen LogP contribution in [0.3, 0.4) is 0 Å². The molecule has 150 valence electrons. The number of hydrogen-bond donors (Lipinski definition) is 0. The highest BCUT2D eigenvalue weighted by molar-refractivity contribution is 6.09. The minimum absolute atomic E-state index is 0.946. The second-order valence-electron chi connectivity index (χ2n) is 7.92. The third-order valence-corrected chi connectivity index (χ3v) is 5.95. The minimum atomic E-state index is 0.946. The van der Waals surface area contributed by atoms with Crippen molar-refractivity contribution in [2.24, 2.45) is 0 Å². The van der Waals surface area contributed by atoms with Gasteiger partial charge in [0.05, 0.1) is 11.4 Å². The van der Waals surface area contributed by atoms with Crippen LogP contribution in [0.4, 0.5) is 0 Å². The molecule has 0 aliphatic rings. The van der Waals surface area contributed by atoms with Gasteiger partial charge in [0.1, 0.15) is 0 Å². The predicted molar refractivity (Wildman–Crippen MR) is 133 cm³/mol. The number of fused-ring (bicyclic) bond motifs is 2. The van der Waals surface area contributed by atoms with Crippen molar-refractivity contribution in [2.45, 2.75) is 0 Å². The van der Waals surface area contributed by atoms with E-state index in [9.17, 15) is 0 Å². The molecule has 0 radical (unpaired) electrons. The van der Waals surface area contributed by atoms with Crippen LogP contribution >= 0.6 is 0 Å². The van der Waals surface area contributed by atoms with Crippen LogP contribution in [0.2, 0.25) is 0 Å². The average molecular weight is 409 g/mol. The van der Waals surface area contributed by atoms with E-state index in [1.807, 2.05) is 24.5 Å². The van der Waals surface area contributed by atoms with Gasteiger partial charge in [-0.05, 0) is 69.1 Å². The average Bonchev–Trinajstić information content (AvgIpc) is 2.88. The van der Waals surface area contributed by atoms with E-state index in [1.165, 1.54) is 32.7 Å². The third kappa shape index (κ3) is 3.23. The number of rotatable bonds is 3. The Bertz CT molecular complexity index is 1550. The summed E-state index contributed by atoms with van der Waals surface area (Å²) in [6.45, 7) is 0. The molecule has 0 amide bonds. The monoisotopic (exact) mass is 408 g/mol. The minimum Gasteiger partial charge on any atom is -0.265 e. The van der Waals surface area contributed by atoms with Gasteiger partial charge in [0, 0.05) is 23.5 Å². The van der Waals surface area contributed by atoms with Gasteiger partial charge < -0.3 is 0 Å². The first-order chi connectivity index (χ1) is 15.9. The predicted octanol–water partition coefficient (Wildman–Crippen LogP) is 7.78. The van der Waals surface area contributed by atoms with Gasteiger partial charge in [0.2, 0.25) is 0 Å². The van der Waals surface area contributed by atoms with Crippen LogP contribution in [-0.2, 0) is 0 Å². The van der Waals surface area contributed by atoms with Gasteiger partial charge in [0.15, 0.2) is 0 Å². The van der Waals surface area contributed by atoms with E-state index < -0.39 is 0 Å². The van der Waals surface area contributed by atoms with Gasteiger partial charge in [-0.15, -0.1) is 0 Å². The molecule has 2 heteroatoms. The van der Waals surface area contributed by atoms with Gasteiger partial charge in [-0.2, -0.15) is 0 Å². The van der Waals surface area contributed by atoms with E-state index >= 15 is 0 Å². The van der Waals surface area contributed by atoms with E-state index in [0.29, 0.717) is 0 Å². The van der Waals surface area contributed by atoms with Gasteiger partial charge in [-0.1, -0.05) is 72.8 Å². The van der Waals surface area contributed by atoms with Gasteiger partial charge in [-0.3, -0.25) is 4.98 Å². The molecule has 0 saturated heterocycles. The third-order valence-electron chi connectivity index (χ3n) is 5.95. The fraction of sp³-hybridized carbons (Fsp3) is 0. The standard InChI is InChI=1S/C30H20N2/c1-2-7-21(8-3-1)26-14-13-25-19-23-9-4-5-10-24(23)20-27(25)30(26)29-12-6-11-28(32-29)22-15-17-31-18-16-22/h1-20H. The van der Waals surface area contributed by atoms with E-state index in [2.05, 4.69) is 102 Å². The van der Waals surface area contributed by atoms with Crippen LogP contribution in [0.25, 0.3) is 55.2 Å². The topological polar surface area (TPSA) is 25.8 Å². The van der Waals surface area contributed by atoms with E-state index in [1.54, 1.807) is 0 Å². The fourth-order valence-corrected chi connectivity index (χ4v) is 4.41. The maximum Gasteiger partial charge on any atom is 0.0722 e. The largest absolute Gasteiger partial charge is 0.265 e. The van der Waals surface area contributed by atoms with Crippen molar-refractivity contribution in [1.29, 1.82) is 0 Å². The molecule has 0 fully saturated rings. The number of hydrogen-bond acceptors (Lipinski definition) is 2. The Kier molecular flexibility index (Phi) is 4.47. The Morgan fingerprint density at radius 3 is 2.00 bits per heavy atom. The smallest absolute Gasteiger partial charge is 0.0722 e. The SMILES string of the molecule is c1ccc(-c2ccc3cc4ccccc4cc3c2-c2cccc(-c3ccncc3)n2)cc1. The van der Waals surface area contributed by atoms with E-state index in [0.717, 1.165) is 22.5 Å². The molecule has 0 aliphatic heterocycles. The number of nitrogens with zero attached hydrogens (tertiary/aromatic N) is 2. The molecule has 2 nitrogen and oxygen atoms in total. The van der Waals surface area contributed by atoms with Crippen LogP contribution in [-0.4, -0.2) is 9.97 Å². The molecule has 0 saturated carbocycles. The normalized spacial score (nSPS) is 11.1. The number of aromatic nitrogens is 2. The molecule has 0 bridgehead atoms. The lowest BCUT2D eigenvalue weighted by molar-refractivity contribution is 1.29. The fourth-order valence-electron chi connectivity index (χ4n) is 4.41. The lowest BCUT2D eigenvalue weighted by Crippen LogP contribution is -1.93. The van der Waals surface area contributed by atoms with Crippen LogP contribution < -0.4 is 0 Å². The summed E-state index contributed by atoms with van der Waals surface area (Å²) in [7, 11) is 0. The molecule has 2 aromatic heterocycles. The summed E-state index contributed by atoms with van der Waals surface area (Å²) in [5, 5.41) is 4.91. The molecule has 0 N–H and O–H groups in total. The molecule has 4 aromatic carbocycles. The summed E-state index contributed by atoms with van der Waals surface area (Å²) in [6.07, 6.45) is 3.62. The summed E-state index contributed by atoms with van der Waals surface area (Å²) < 4.78 is 0. The zero-order chi connectivity index (χ0) is 21.3. The van der Waals surface area contributed by atoms with Gasteiger partial charge in [0.25, 0.3) is 0 Å². The molecule has 0 atom stereocenters. The highest BCUT2D eigenvalue weighted by atomic mass is 14.7. The van der Waals surface area contributed by atoms with Crippen molar-refractivity contribution in [1.82, 2.24) is 9.97 Å². The summed E-state index contributed by atoms with van der Waals surface area (Å²) in [5.74, 6) is 0. The molecule has 6 rings (SSSR count). The summed E-state index contributed by atoms with van der Waals surface area (Å²) >= 11 is 0. The van der Waals surface area contributed by atoms with Crippen LogP contribution in [0, 0.1) is 0 Å². The maximum absolute atomic E-state index is 5.10. The molecular formula is C30H20N2. The van der Waals surface area contributed by atoms with Crippen molar-refractivity contribution < 1.29 is 0 Å². The van der Waals surface area contributed by atoms with Crippen molar-refractivity contribution in [3.63, 3.8) is 0 Å². The van der Waals surface area contributed by atoms with Crippen molar-refractivity contribution in [3.8, 4) is 33.6 Å². The quantitative estimate of drug-likeness (QED) is 0.279. The highest BCUT2D eigenvalue weighted by Crippen LogP contribution is 2.39. The Morgan fingerprint density at radius 1 is 0.469 bits per heavy atom. The first kappa shape index (κ1) is 18.5. The lowest BCUT2D eigenvalue weighted by Gasteiger charge is -2.15. The molecule has 0 aliphatic carbocycles. The second kappa shape index (κ2) is 7.75. The lowest BCUT2D eigenvalue weighted by atomic mass is 9.90. The Morgan fingerprint density at radius 2 is 1.19 bits per heavy atom. The molecule has 0 unspecified atom stereocenters. The summed E-state index contributed by atoms with van der Waals surface area (Å²) in [5.41, 5.74) is 6.52. The Balaban J connectivity index is 1.68. The maximum atomic E-state index is 5.10. The Labute approximate surface area is 186 Å². The molecule has 2 heterocycles. The van der Waals surface area contributed by atoms with Gasteiger partial charge >= 0.3 is 0 Å². The van der Waals surface area contributed by atoms with Gasteiger partial charge in [-0.25, -0.2) is 4.98 Å². The molecule has 6 aromatic rings. The molecule has 0 spiro atoms. The van der Waals surface area contributed by atoms with E-state index in [4.69, 9.17) is 4.98 Å². The number of pyridine rings is 2. The van der Waals surface area contributed by atoms with Crippen molar-refractivity contribution in [2.75, 3.05) is 0 Å². The zero-order valence-corrected chi connectivity index (χ0v) is 17.4. The van der Waals surface area contributed by atoms with Crippen LogP contribution in [0.5, 0.6) is 0 Å². The first-order valence-corrected chi connectivity index (χ1v) is 10.8. The Hall–Kier alpha value is -4.30. The van der Waals surface area contributed by atoms with Crippen molar-refractivity contribution >= 4 is 21.5 Å². The summed E-state index contributed by atoms with van der Waals surface area (Å²) in [6, 6.07) is 38.4. The second-order valence-corrected chi connectivity index (χ2v) is 7.92. The molecular weight excluding hydrogens is 388 g/mol. The summed E-state index contributed by atoms with van der Waals surface area (Å²) in [4.78, 5) is 9.25. The van der Waals surface area contributed by atoms with E-state index in [-0.39, 0.29) is 0 Å². The molecule has 32 heavy (non-hydrogen) atoms. The highest BCUT2D eigenvalue weighted by Gasteiger charge is 2.14. The number of benzene rings is 4. The zero-order valence-electron chi connectivity index (χ0n) is 17.4. The first-order valence-electron chi connectivity index (χ1n) is 10.8. The van der Waals surface area contributed by atoms with Crippen molar-refractivity contribution in [3.05, 3.63) is 122 Å². The van der Waals surface area contributed by atoms with Crippen LogP contribution in [0.1, 0.15) is 0 Å².